The summed E-state index contributed by atoms with van der Waals surface area (Å²) in [6, 6.07) is 6.43. The maximum Gasteiger partial charge on any atom is 0.317 e. The smallest absolute Gasteiger partial charge is 0.317 e. The molecule has 2 aromatic rings. The first-order valence-electron chi connectivity index (χ1n) is 11.9. The van der Waals surface area contributed by atoms with Gasteiger partial charge in [-0.05, 0) is 55.4 Å². The molecule has 1 saturated heterocycles. The van der Waals surface area contributed by atoms with E-state index in [-0.39, 0.29) is 30.6 Å². The molecule has 3 fully saturated rings. The van der Waals surface area contributed by atoms with Crippen LogP contribution in [0.15, 0.2) is 42.5 Å². The summed E-state index contributed by atoms with van der Waals surface area (Å²) in [4.78, 5) is 14.4. The molecular weight excluding hydrogens is 498 g/mol. The van der Waals surface area contributed by atoms with Gasteiger partial charge in [-0.15, -0.1) is 0 Å². The molecule has 2 aromatic carbocycles. The van der Waals surface area contributed by atoms with Crippen LogP contribution >= 0.6 is 0 Å². The predicted molar refractivity (Wildman–Crippen MR) is 126 cm³/mol. The van der Waals surface area contributed by atoms with Crippen LogP contribution in [0.25, 0.3) is 11.1 Å². The normalized spacial score (nSPS) is 23.6. The zero-order chi connectivity index (χ0) is 25.7. The molecule has 11 heteroatoms. The van der Waals surface area contributed by atoms with Crippen molar-refractivity contribution in [2.75, 3.05) is 19.1 Å². The summed E-state index contributed by atoms with van der Waals surface area (Å²) in [5, 5.41) is 2.56. The standard InChI is InChI=1S/C25H27F4N3O3S/c26-15-36(34,35)31-22-20(32(14-24(22)6-7-24)23(33)30-13-25(29)8-9-25)11-17-10-18(27)12-19(21(17)28)16-4-2-1-3-5-16/h1-5,10,12,20,22,31H,6-9,11,13-15H2,(H,30,33)/t20-,22+/m0/s1. The number of nitrogens with zero attached hydrogens (tertiary/aromatic N) is 1. The van der Waals surface area contributed by atoms with Gasteiger partial charge in [0.15, 0.2) is 0 Å². The summed E-state index contributed by atoms with van der Waals surface area (Å²) in [5.74, 6) is -1.37. The predicted octanol–water partition coefficient (Wildman–Crippen LogP) is 4.07. The van der Waals surface area contributed by atoms with Crippen molar-refractivity contribution in [3.8, 4) is 11.1 Å². The second-order valence-corrected chi connectivity index (χ2v) is 11.9. The van der Waals surface area contributed by atoms with Gasteiger partial charge in [0, 0.05) is 23.6 Å². The third-order valence-electron chi connectivity index (χ3n) is 7.51. The van der Waals surface area contributed by atoms with Crippen LogP contribution in [0.3, 0.4) is 0 Å². The van der Waals surface area contributed by atoms with Crippen LogP contribution in [-0.4, -0.2) is 56.2 Å². The summed E-state index contributed by atoms with van der Waals surface area (Å²) < 4.78 is 84.3. The molecule has 1 spiro atoms. The Kier molecular flexibility index (Phi) is 6.27. The van der Waals surface area contributed by atoms with Gasteiger partial charge in [-0.2, -0.15) is 0 Å². The van der Waals surface area contributed by atoms with E-state index in [2.05, 4.69) is 10.0 Å². The zero-order valence-corrected chi connectivity index (χ0v) is 20.3. The first-order chi connectivity index (χ1) is 17.0. The van der Waals surface area contributed by atoms with E-state index in [4.69, 9.17) is 0 Å². The van der Waals surface area contributed by atoms with Crippen LogP contribution in [0.5, 0.6) is 0 Å². The fourth-order valence-electron chi connectivity index (χ4n) is 5.15. The summed E-state index contributed by atoms with van der Waals surface area (Å²) >= 11 is 0. The number of rotatable bonds is 8. The highest BCUT2D eigenvalue weighted by Gasteiger charge is 2.61. The number of halogens is 4. The highest BCUT2D eigenvalue weighted by Crippen LogP contribution is 2.55. The van der Waals surface area contributed by atoms with Crippen LogP contribution in [-0.2, 0) is 16.4 Å². The number of carbonyl (C=O) groups is 1. The number of carbonyl (C=O) groups excluding carboxylic acids is 1. The maximum atomic E-state index is 15.6. The Morgan fingerprint density at radius 2 is 1.78 bits per heavy atom. The zero-order valence-electron chi connectivity index (χ0n) is 19.4. The van der Waals surface area contributed by atoms with E-state index in [1.165, 1.54) is 4.90 Å². The lowest BCUT2D eigenvalue weighted by Crippen LogP contribution is -2.52. The third kappa shape index (κ3) is 4.95. The quantitative estimate of drug-likeness (QED) is 0.511. The Labute approximate surface area is 207 Å². The Morgan fingerprint density at radius 1 is 1.08 bits per heavy atom. The molecule has 2 amide bonds. The van der Waals surface area contributed by atoms with Crippen molar-refractivity contribution >= 4 is 16.1 Å². The number of hydrogen-bond donors (Lipinski definition) is 2. The van der Waals surface area contributed by atoms with Gasteiger partial charge in [0.05, 0.1) is 12.6 Å². The Morgan fingerprint density at radius 3 is 2.39 bits per heavy atom. The van der Waals surface area contributed by atoms with Gasteiger partial charge in [0.1, 0.15) is 17.3 Å². The van der Waals surface area contributed by atoms with Crippen molar-refractivity contribution in [3.05, 3.63) is 59.7 Å². The molecule has 0 bridgehead atoms. The number of hydrogen-bond acceptors (Lipinski definition) is 3. The highest BCUT2D eigenvalue weighted by atomic mass is 32.2. The number of likely N-dealkylation sites (tertiary alicyclic amines) is 1. The van der Waals surface area contributed by atoms with Gasteiger partial charge < -0.3 is 10.2 Å². The molecule has 0 radical (unpaired) electrons. The average molecular weight is 526 g/mol. The summed E-state index contributed by atoms with van der Waals surface area (Å²) in [6.45, 7) is -0.0415. The summed E-state index contributed by atoms with van der Waals surface area (Å²) in [5.41, 5.74) is -1.62. The molecule has 0 unspecified atom stereocenters. The van der Waals surface area contributed by atoms with Gasteiger partial charge >= 0.3 is 6.03 Å². The molecule has 2 atom stereocenters. The van der Waals surface area contributed by atoms with Crippen LogP contribution in [0.4, 0.5) is 22.4 Å². The van der Waals surface area contributed by atoms with Crippen LogP contribution in [0.2, 0.25) is 0 Å². The molecule has 5 rings (SSSR count). The average Bonchev–Trinajstić information content (AvgIpc) is 3.77. The lowest BCUT2D eigenvalue weighted by atomic mass is 9.91. The van der Waals surface area contributed by atoms with E-state index in [0.29, 0.717) is 31.2 Å². The molecule has 0 aromatic heterocycles. The molecule has 2 N–H and O–H groups in total. The number of nitrogens with one attached hydrogen (secondary N) is 2. The van der Waals surface area contributed by atoms with E-state index < -0.39 is 56.9 Å². The number of urea groups is 1. The molecule has 3 aliphatic rings. The van der Waals surface area contributed by atoms with Gasteiger partial charge in [-0.25, -0.2) is 35.5 Å². The minimum absolute atomic E-state index is 0.0368. The Balaban J connectivity index is 1.49. The monoisotopic (exact) mass is 525 g/mol. The van der Waals surface area contributed by atoms with Gasteiger partial charge in [-0.3, -0.25) is 0 Å². The lowest BCUT2D eigenvalue weighted by Gasteiger charge is -2.30. The first kappa shape index (κ1) is 25.0. The van der Waals surface area contributed by atoms with Gasteiger partial charge in [0.25, 0.3) is 0 Å². The molecule has 1 heterocycles. The van der Waals surface area contributed by atoms with Gasteiger partial charge in [0.2, 0.25) is 16.0 Å². The second kappa shape index (κ2) is 9.02. The molecule has 6 nitrogen and oxygen atoms in total. The second-order valence-electron chi connectivity index (χ2n) is 10.2. The molecular formula is C25H27F4N3O3S. The van der Waals surface area contributed by atoms with Crippen LogP contribution in [0, 0.1) is 17.0 Å². The van der Waals surface area contributed by atoms with Crippen LogP contribution < -0.4 is 10.0 Å². The maximum absolute atomic E-state index is 15.6. The number of alkyl halides is 2. The highest BCUT2D eigenvalue weighted by molar-refractivity contribution is 7.89. The molecule has 2 aliphatic carbocycles. The van der Waals surface area contributed by atoms with E-state index in [1.54, 1.807) is 30.3 Å². The Bertz CT molecular complexity index is 1270. The van der Waals surface area contributed by atoms with Crippen molar-refractivity contribution in [1.82, 2.24) is 14.9 Å². The number of amides is 2. The van der Waals surface area contributed by atoms with E-state index >= 15 is 4.39 Å². The molecule has 1 aliphatic heterocycles. The van der Waals surface area contributed by atoms with Crippen molar-refractivity contribution in [3.63, 3.8) is 0 Å². The van der Waals surface area contributed by atoms with Crippen LogP contribution in [0.1, 0.15) is 31.2 Å². The van der Waals surface area contributed by atoms with E-state index in [0.717, 1.165) is 12.1 Å². The summed E-state index contributed by atoms with van der Waals surface area (Å²) in [7, 11) is -4.31. The van der Waals surface area contributed by atoms with Crippen molar-refractivity contribution in [1.29, 1.82) is 0 Å². The summed E-state index contributed by atoms with van der Waals surface area (Å²) in [6.07, 6.45) is 1.65. The molecule has 194 valence electrons. The lowest BCUT2D eigenvalue weighted by molar-refractivity contribution is 0.182. The fraction of sp³-hybridized carbons (Fsp3) is 0.480. The molecule has 36 heavy (non-hydrogen) atoms. The van der Waals surface area contributed by atoms with Crippen molar-refractivity contribution < 1.29 is 30.8 Å². The molecule has 2 saturated carbocycles. The number of benzene rings is 2. The van der Waals surface area contributed by atoms with E-state index in [9.17, 15) is 26.4 Å². The fourth-order valence-corrected chi connectivity index (χ4v) is 6.00. The minimum Gasteiger partial charge on any atom is -0.335 e. The van der Waals surface area contributed by atoms with Crippen molar-refractivity contribution in [2.45, 2.75) is 49.9 Å². The minimum atomic E-state index is -4.31. The number of sulfonamides is 1. The topological polar surface area (TPSA) is 78.5 Å². The van der Waals surface area contributed by atoms with Gasteiger partial charge in [-0.1, -0.05) is 30.3 Å². The van der Waals surface area contributed by atoms with Crippen molar-refractivity contribution in [2.24, 2.45) is 5.41 Å². The Hall–Kier alpha value is -2.66. The first-order valence-corrected chi connectivity index (χ1v) is 13.5. The van der Waals surface area contributed by atoms with E-state index in [1.807, 2.05) is 0 Å². The largest absolute Gasteiger partial charge is 0.335 e. The SMILES string of the molecule is O=C(NCC1(F)CC1)N1CC2(CC2)[C@H](NS(=O)(=O)CF)[C@@H]1Cc1cc(F)cc(-c2ccccc2)c1F. The third-order valence-corrected chi connectivity index (χ3v) is 8.41.